The smallest absolute Gasteiger partial charge is 0.352 e. The fraction of sp³-hybridized carbons (Fsp3) is 0.286. The first-order valence-electron chi connectivity index (χ1n) is 8.92. The number of hydrogen-bond donors (Lipinski definition) is 0. The number of rotatable bonds is 4. The molecule has 0 bridgehead atoms. The molecule has 0 amide bonds. The van der Waals surface area contributed by atoms with Crippen LogP contribution in [0.15, 0.2) is 47.4 Å². The molecule has 2 aromatic carbocycles. The highest BCUT2D eigenvalue weighted by molar-refractivity contribution is 7.98. The standard InChI is InChI=1S/C21H18O5S2/c1-12(20(23)24-9-15-10-25-21(27)26-15)13-6-7-17-18(8-13)28-11-14-4-2-3-5-16(14)19(17)22/h2-8,12,15H,9-11H2,1H3. The van der Waals surface area contributed by atoms with E-state index in [0.717, 1.165) is 27.3 Å². The fourth-order valence-electron chi connectivity index (χ4n) is 3.17. The first-order valence-corrected chi connectivity index (χ1v) is 10.3. The van der Waals surface area contributed by atoms with Crippen molar-refractivity contribution in [2.75, 3.05) is 13.2 Å². The third-order valence-corrected chi connectivity index (χ3v) is 6.13. The van der Waals surface area contributed by atoms with Crippen LogP contribution in [0.1, 0.15) is 39.9 Å². The molecule has 0 saturated carbocycles. The van der Waals surface area contributed by atoms with Gasteiger partial charge >= 0.3 is 11.2 Å². The van der Waals surface area contributed by atoms with Gasteiger partial charge in [0, 0.05) is 34.0 Å². The van der Waals surface area contributed by atoms with Crippen LogP contribution < -0.4 is 0 Å². The molecule has 0 aromatic heterocycles. The molecule has 1 fully saturated rings. The highest BCUT2D eigenvalue weighted by atomic mass is 32.2. The van der Waals surface area contributed by atoms with Crippen LogP contribution in [0.25, 0.3) is 0 Å². The van der Waals surface area contributed by atoms with Gasteiger partial charge in [-0.05, 0) is 30.2 Å². The van der Waals surface area contributed by atoms with Crippen molar-refractivity contribution < 1.29 is 23.8 Å². The minimum atomic E-state index is -0.457. The average molecular weight is 415 g/mol. The molecule has 5 nitrogen and oxygen atoms in total. The van der Waals surface area contributed by atoms with Crippen molar-refractivity contribution in [1.82, 2.24) is 0 Å². The number of hydrogen-bond acceptors (Lipinski definition) is 7. The first kappa shape index (κ1) is 19.0. The van der Waals surface area contributed by atoms with Gasteiger partial charge in [0.1, 0.15) is 13.2 Å². The number of esters is 1. The molecule has 2 unspecified atom stereocenters. The molecule has 2 atom stereocenters. The average Bonchev–Trinajstić information content (AvgIpc) is 3.08. The van der Waals surface area contributed by atoms with Gasteiger partial charge in [-0.1, -0.05) is 30.3 Å². The second-order valence-electron chi connectivity index (χ2n) is 6.68. The number of carbonyl (C=O) groups is 2. The van der Waals surface area contributed by atoms with Gasteiger partial charge in [0.2, 0.25) is 0 Å². The monoisotopic (exact) mass is 414 g/mol. The zero-order valence-electron chi connectivity index (χ0n) is 15.2. The molecule has 0 aliphatic carbocycles. The van der Waals surface area contributed by atoms with Gasteiger partial charge in [0.15, 0.2) is 11.9 Å². The lowest BCUT2D eigenvalue weighted by atomic mass is 9.95. The van der Waals surface area contributed by atoms with Gasteiger partial charge in [0.25, 0.3) is 0 Å². The summed E-state index contributed by atoms with van der Waals surface area (Å²) in [6.45, 7) is 2.17. The lowest BCUT2D eigenvalue weighted by molar-refractivity contribution is -0.147. The number of fused-ring (bicyclic) bond motifs is 2. The van der Waals surface area contributed by atoms with E-state index in [1.54, 1.807) is 24.8 Å². The maximum absolute atomic E-state index is 12.9. The molecule has 28 heavy (non-hydrogen) atoms. The lowest BCUT2D eigenvalue weighted by Crippen LogP contribution is -2.23. The van der Waals surface area contributed by atoms with Crippen molar-refractivity contribution in [1.29, 1.82) is 0 Å². The second kappa shape index (κ2) is 7.93. The Bertz CT molecular complexity index is 956. The van der Waals surface area contributed by atoms with Crippen molar-refractivity contribution in [3.05, 3.63) is 64.7 Å². The summed E-state index contributed by atoms with van der Waals surface area (Å²) in [5.41, 5.74) is 3.25. The van der Waals surface area contributed by atoms with E-state index in [0.29, 0.717) is 12.2 Å². The highest BCUT2D eigenvalue weighted by Crippen LogP contribution is 2.35. The molecular weight excluding hydrogens is 396 g/mol. The van der Waals surface area contributed by atoms with Crippen molar-refractivity contribution >= 4 is 41.0 Å². The number of benzene rings is 2. The van der Waals surface area contributed by atoms with E-state index in [1.807, 2.05) is 36.4 Å². The molecule has 0 N–H and O–H groups in total. The van der Waals surface area contributed by atoms with Crippen LogP contribution in [0.3, 0.4) is 0 Å². The normalized spacial score (nSPS) is 19.0. The molecule has 7 heteroatoms. The predicted octanol–water partition coefficient (Wildman–Crippen LogP) is 3.87. The molecule has 1 saturated heterocycles. The van der Waals surface area contributed by atoms with E-state index in [9.17, 15) is 9.59 Å². The summed E-state index contributed by atoms with van der Waals surface area (Å²) in [6.07, 6.45) is -0.359. The Morgan fingerprint density at radius 1 is 1.29 bits per heavy atom. The number of carbonyl (C=O) groups excluding carboxylic acids is 2. The van der Waals surface area contributed by atoms with Gasteiger partial charge < -0.3 is 14.2 Å². The summed E-state index contributed by atoms with van der Waals surface area (Å²) in [4.78, 5) is 26.2. The number of ketones is 1. The molecule has 4 rings (SSSR count). The molecule has 2 aliphatic heterocycles. The number of thiocarbonyl (C=S) groups is 1. The van der Waals surface area contributed by atoms with E-state index in [4.69, 9.17) is 26.4 Å². The third kappa shape index (κ3) is 3.77. The van der Waals surface area contributed by atoms with Crippen LogP contribution in [0.4, 0.5) is 0 Å². The molecule has 2 aromatic rings. The molecule has 0 radical (unpaired) electrons. The van der Waals surface area contributed by atoms with Gasteiger partial charge in [-0.2, -0.15) is 0 Å². The Morgan fingerprint density at radius 2 is 2.11 bits per heavy atom. The van der Waals surface area contributed by atoms with Gasteiger partial charge in [0.05, 0.1) is 5.92 Å². The molecule has 0 spiro atoms. The lowest BCUT2D eigenvalue weighted by Gasteiger charge is -2.15. The highest BCUT2D eigenvalue weighted by Gasteiger charge is 2.27. The van der Waals surface area contributed by atoms with E-state index < -0.39 is 5.92 Å². The van der Waals surface area contributed by atoms with Gasteiger partial charge in [-0.3, -0.25) is 9.59 Å². The van der Waals surface area contributed by atoms with Crippen LogP contribution in [0.5, 0.6) is 0 Å². The van der Waals surface area contributed by atoms with Crippen LogP contribution >= 0.6 is 24.0 Å². The molecule has 2 aliphatic rings. The van der Waals surface area contributed by atoms with Gasteiger partial charge in [-0.15, -0.1) is 11.8 Å². The topological polar surface area (TPSA) is 61.8 Å². The number of ether oxygens (including phenoxy) is 3. The summed E-state index contributed by atoms with van der Waals surface area (Å²) in [6, 6.07) is 13.2. The Morgan fingerprint density at radius 3 is 2.89 bits per heavy atom. The van der Waals surface area contributed by atoms with E-state index in [1.165, 1.54) is 0 Å². The van der Waals surface area contributed by atoms with Crippen molar-refractivity contribution in [3.8, 4) is 0 Å². The Labute approximate surface area is 172 Å². The third-order valence-electron chi connectivity index (χ3n) is 4.81. The van der Waals surface area contributed by atoms with E-state index in [2.05, 4.69) is 0 Å². The van der Waals surface area contributed by atoms with E-state index >= 15 is 0 Å². The number of thioether (sulfide) groups is 1. The Hall–Kier alpha value is -2.38. The predicted molar refractivity (Wildman–Crippen MR) is 109 cm³/mol. The minimum Gasteiger partial charge on any atom is -0.461 e. The van der Waals surface area contributed by atoms with Crippen molar-refractivity contribution in [2.24, 2.45) is 0 Å². The summed E-state index contributed by atoms with van der Waals surface area (Å²) >= 11 is 6.40. The second-order valence-corrected chi connectivity index (χ2v) is 8.03. The quantitative estimate of drug-likeness (QED) is 0.556. The Kier molecular flexibility index (Phi) is 5.37. The fourth-order valence-corrected chi connectivity index (χ4v) is 4.47. The largest absolute Gasteiger partial charge is 0.461 e. The summed E-state index contributed by atoms with van der Waals surface area (Å²) in [5, 5.41) is 0.0857. The Balaban J connectivity index is 1.48. The first-order chi connectivity index (χ1) is 13.5. The summed E-state index contributed by atoms with van der Waals surface area (Å²) in [7, 11) is 0. The van der Waals surface area contributed by atoms with E-state index in [-0.39, 0.29) is 29.7 Å². The summed E-state index contributed by atoms with van der Waals surface area (Å²) < 4.78 is 15.6. The summed E-state index contributed by atoms with van der Waals surface area (Å²) in [5.74, 6) is -0.0712. The maximum atomic E-state index is 12.9. The maximum Gasteiger partial charge on any atom is 0.352 e. The minimum absolute atomic E-state index is 0.0201. The van der Waals surface area contributed by atoms with Crippen LogP contribution in [-0.4, -0.2) is 36.3 Å². The molecule has 2 heterocycles. The zero-order chi connectivity index (χ0) is 19.7. The van der Waals surface area contributed by atoms with Crippen LogP contribution in [0.2, 0.25) is 0 Å². The van der Waals surface area contributed by atoms with Gasteiger partial charge in [-0.25, -0.2) is 0 Å². The molecule has 144 valence electrons. The van der Waals surface area contributed by atoms with Crippen molar-refractivity contribution in [2.45, 2.75) is 29.6 Å². The SMILES string of the molecule is CC(C(=O)OCC1COC(=S)O1)c1ccc2c(c1)SCc1ccccc1C2=O. The van der Waals surface area contributed by atoms with Crippen LogP contribution in [-0.2, 0) is 24.8 Å². The van der Waals surface area contributed by atoms with Crippen molar-refractivity contribution in [3.63, 3.8) is 0 Å². The zero-order valence-corrected chi connectivity index (χ0v) is 16.8. The van der Waals surface area contributed by atoms with Crippen LogP contribution in [0, 0.1) is 0 Å². The molecular formula is C21H18O5S2.